The first-order chi connectivity index (χ1) is 9.74. The summed E-state index contributed by atoms with van der Waals surface area (Å²) in [5.74, 6) is 0.861. The molecule has 2 heterocycles. The molecule has 5 nitrogen and oxygen atoms in total. The SMILES string of the molecule is O=C(NC1CCN(C(=O)C2CCCCC2)C1)C1CNC1. The van der Waals surface area contributed by atoms with Crippen LogP contribution >= 0.6 is 0 Å². The molecule has 0 aromatic heterocycles. The molecule has 2 N–H and O–H groups in total. The molecule has 2 amide bonds. The lowest BCUT2D eigenvalue weighted by Gasteiger charge is -2.28. The highest BCUT2D eigenvalue weighted by Gasteiger charge is 2.33. The molecule has 1 unspecified atom stereocenters. The van der Waals surface area contributed by atoms with Gasteiger partial charge in [-0.05, 0) is 19.3 Å². The van der Waals surface area contributed by atoms with E-state index < -0.39 is 0 Å². The van der Waals surface area contributed by atoms with Crippen molar-refractivity contribution in [2.45, 2.75) is 44.6 Å². The van der Waals surface area contributed by atoms with Gasteiger partial charge in [-0.1, -0.05) is 19.3 Å². The summed E-state index contributed by atoms with van der Waals surface area (Å²) >= 11 is 0. The van der Waals surface area contributed by atoms with Crippen LogP contribution in [0.4, 0.5) is 0 Å². The van der Waals surface area contributed by atoms with Gasteiger partial charge in [-0.2, -0.15) is 0 Å². The van der Waals surface area contributed by atoms with E-state index in [-0.39, 0.29) is 23.8 Å². The molecule has 0 radical (unpaired) electrons. The average molecular weight is 279 g/mol. The lowest BCUT2D eigenvalue weighted by atomic mass is 9.88. The Hall–Kier alpha value is -1.10. The van der Waals surface area contributed by atoms with Crippen molar-refractivity contribution in [2.75, 3.05) is 26.2 Å². The van der Waals surface area contributed by atoms with E-state index in [2.05, 4.69) is 10.6 Å². The molecule has 2 saturated heterocycles. The van der Waals surface area contributed by atoms with E-state index in [1.807, 2.05) is 4.90 Å². The van der Waals surface area contributed by atoms with Crippen LogP contribution in [0.25, 0.3) is 0 Å². The maximum atomic E-state index is 12.4. The molecule has 5 heteroatoms. The number of nitrogens with zero attached hydrogens (tertiary/aromatic N) is 1. The van der Waals surface area contributed by atoms with Crippen LogP contribution in [-0.4, -0.2) is 48.9 Å². The molecule has 3 fully saturated rings. The topological polar surface area (TPSA) is 61.4 Å². The molecule has 3 rings (SSSR count). The van der Waals surface area contributed by atoms with E-state index >= 15 is 0 Å². The van der Waals surface area contributed by atoms with Gasteiger partial charge < -0.3 is 15.5 Å². The van der Waals surface area contributed by atoms with Crippen molar-refractivity contribution in [3.05, 3.63) is 0 Å². The highest BCUT2D eigenvalue weighted by atomic mass is 16.2. The predicted molar refractivity (Wildman–Crippen MR) is 76.1 cm³/mol. The summed E-state index contributed by atoms with van der Waals surface area (Å²) < 4.78 is 0. The molecule has 1 atom stereocenters. The van der Waals surface area contributed by atoms with Crippen LogP contribution in [0, 0.1) is 11.8 Å². The summed E-state index contributed by atoms with van der Waals surface area (Å²) in [6.07, 6.45) is 6.68. The van der Waals surface area contributed by atoms with Gasteiger partial charge >= 0.3 is 0 Å². The van der Waals surface area contributed by atoms with Gasteiger partial charge in [-0.3, -0.25) is 9.59 Å². The summed E-state index contributed by atoms with van der Waals surface area (Å²) in [7, 11) is 0. The van der Waals surface area contributed by atoms with E-state index in [1.165, 1.54) is 19.3 Å². The number of carbonyl (C=O) groups is 2. The highest BCUT2D eigenvalue weighted by molar-refractivity contribution is 5.81. The van der Waals surface area contributed by atoms with E-state index in [9.17, 15) is 9.59 Å². The molecular formula is C15H25N3O2. The second-order valence-electron chi connectivity index (χ2n) is 6.47. The quantitative estimate of drug-likeness (QED) is 0.791. The van der Waals surface area contributed by atoms with Gasteiger partial charge in [-0.15, -0.1) is 0 Å². The van der Waals surface area contributed by atoms with Gasteiger partial charge in [0.05, 0.1) is 5.92 Å². The van der Waals surface area contributed by atoms with Crippen molar-refractivity contribution >= 4 is 11.8 Å². The highest BCUT2D eigenvalue weighted by Crippen LogP contribution is 2.26. The average Bonchev–Trinajstić information content (AvgIpc) is 2.85. The Balaban J connectivity index is 1.46. The number of carbonyl (C=O) groups excluding carboxylic acids is 2. The largest absolute Gasteiger partial charge is 0.351 e. The van der Waals surface area contributed by atoms with E-state index in [4.69, 9.17) is 0 Å². The Bertz CT molecular complexity index is 375. The second kappa shape index (κ2) is 6.12. The lowest BCUT2D eigenvalue weighted by Crippen LogP contribution is -2.53. The third kappa shape index (κ3) is 2.97. The van der Waals surface area contributed by atoms with Crippen LogP contribution in [0.15, 0.2) is 0 Å². The maximum Gasteiger partial charge on any atom is 0.225 e. The Labute approximate surface area is 120 Å². The van der Waals surface area contributed by atoms with Crippen LogP contribution in [0.5, 0.6) is 0 Å². The summed E-state index contributed by atoms with van der Waals surface area (Å²) in [6.45, 7) is 3.11. The summed E-state index contributed by atoms with van der Waals surface area (Å²) in [4.78, 5) is 26.3. The molecule has 0 bridgehead atoms. The molecule has 0 spiro atoms. The summed E-state index contributed by atoms with van der Waals surface area (Å²) in [5, 5.41) is 6.21. The number of nitrogens with one attached hydrogen (secondary N) is 2. The fourth-order valence-corrected chi connectivity index (χ4v) is 3.48. The summed E-state index contributed by atoms with van der Waals surface area (Å²) in [5.41, 5.74) is 0. The van der Waals surface area contributed by atoms with Gasteiger partial charge in [0.15, 0.2) is 0 Å². The van der Waals surface area contributed by atoms with Crippen molar-refractivity contribution in [3.63, 3.8) is 0 Å². The molecule has 1 saturated carbocycles. The first kappa shape index (κ1) is 13.9. The monoisotopic (exact) mass is 279 g/mol. The molecule has 0 aromatic rings. The number of likely N-dealkylation sites (tertiary alicyclic amines) is 1. The zero-order valence-corrected chi connectivity index (χ0v) is 12.1. The van der Waals surface area contributed by atoms with Crippen LogP contribution in [0.2, 0.25) is 0 Å². The zero-order valence-electron chi connectivity index (χ0n) is 12.1. The van der Waals surface area contributed by atoms with Crippen LogP contribution in [-0.2, 0) is 9.59 Å². The van der Waals surface area contributed by atoms with Crippen molar-refractivity contribution in [2.24, 2.45) is 11.8 Å². The first-order valence-electron chi connectivity index (χ1n) is 8.04. The Morgan fingerprint density at radius 2 is 1.75 bits per heavy atom. The standard InChI is InChI=1S/C15H25N3O2/c19-14(12-8-16-9-12)17-13-6-7-18(10-13)15(20)11-4-2-1-3-5-11/h11-13,16H,1-10H2,(H,17,19). The van der Waals surface area contributed by atoms with Gasteiger partial charge in [-0.25, -0.2) is 0 Å². The summed E-state index contributed by atoms with van der Waals surface area (Å²) in [6, 6.07) is 0.163. The van der Waals surface area contributed by atoms with Crippen LogP contribution in [0.3, 0.4) is 0 Å². The molecule has 1 aliphatic carbocycles. The third-order valence-electron chi connectivity index (χ3n) is 4.95. The fourth-order valence-electron chi connectivity index (χ4n) is 3.48. The zero-order chi connectivity index (χ0) is 13.9. The molecular weight excluding hydrogens is 254 g/mol. The molecule has 20 heavy (non-hydrogen) atoms. The van der Waals surface area contributed by atoms with Crippen molar-refractivity contribution in [1.82, 2.24) is 15.5 Å². The maximum absolute atomic E-state index is 12.4. The Morgan fingerprint density at radius 3 is 2.40 bits per heavy atom. The molecule has 2 aliphatic heterocycles. The predicted octanol–water partition coefficient (Wildman–Crippen LogP) is 0.503. The molecule has 112 valence electrons. The smallest absolute Gasteiger partial charge is 0.225 e. The number of rotatable bonds is 3. The number of hydrogen-bond donors (Lipinski definition) is 2. The fraction of sp³-hybridized carbons (Fsp3) is 0.867. The lowest BCUT2D eigenvalue weighted by molar-refractivity contribution is -0.136. The Kier molecular flexibility index (Phi) is 4.24. The third-order valence-corrected chi connectivity index (χ3v) is 4.95. The minimum absolute atomic E-state index is 0.137. The van der Waals surface area contributed by atoms with E-state index in [0.717, 1.165) is 38.9 Å². The van der Waals surface area contributed by atoms with Gasteiger partial charge in [0.1, 0.15) is 0 Å². The minimum atomic E-state index is 0.137. The van der Waals surface area contributed by atoms with Gasteiger partial charge in [0, 0.05) is 38.1 Å². The van der Waals surface area contributed by atoms with Crippen LogP contribution < -0.4 is 10.6 Å². The first-order valence-corrected chi connectivity index (χ1v) is 8.04. The van der Waals surface area contributed by atoms with Crippen molar-refractivity contribution < 1.29 is 9.59 Å². The van der Waals surface area contributed by atoms with Gasteiger partial charge in [0.2, 0.25) is 11.8 Å². The van der Waals surface area contributed by atoms with E-state index in [0.29, 0.717) is 12.5 Å². The number of hydrogen-bond acceptors (Lipinski definition) is 3. The minimum Gasteiger partial charge on any atom is -0.351 e. The second-order valence-corrected chi connectivity index (χ2v) is 6.47. The normalized spacial score (nSPS) is 28.2. The Morgan fingerprint density at radius 1 is 1.00 bits per heavy atom. The van der Waals surface area contributed by atoms with Crippen molar-refractivity contribution in [1.29, 1.82) is 0 Å². The van der Waals surface area contributed by atoms with E-state index in [1.54, 1.807) is 0 Å². The molecule has 0 aromatic carbocycles. The van der Waals surface area contributed by atoms with Crippen molar-refractivity contribution in [3.8, 4) is 0 Å². The molecule has 3 aliphatic rings. The number of amides is 2. The van der Waals surface area contributed by atoms with Gasteiger partial charge in [0.25, 0.3) is 0 Å². The van der Waals surface area contributed by atoms with Crippen LogP contribution in [0.1, 0.15) is 38.5 Å².